The number of rotatable bonds is 6. The number of nitrogens with zero attached hydrogens (tertiary/aromatic N) is 1. The number of hydrogen-bond donors (Lipinski definition) is 0. The van der Waals surface area contributed by atoms with E-state index in [1.165, 1.54) is 32.2 Å². The fourth-order valence-corrected chi connectivity index (χ4v) is 1.01. The second kappa shape index (κ2) is 9.64. The van der Waals surface area contributed by atoms with Crippen LogP contribution in [-0.2, 0) is 4.79 Å². The third-order valence-corrected chi connectivity index (χ3v) is 2.15. The summed E-state index contributed by atoms with van der Waals surface area (Å²) >= 11 is 0. The van der Waals surface area contributed by atoms with Crippen LogP contribution in [0, 0.1) is 5.92 Å². The zero-order valence-electron chi connectivity index (χ0n) is 11.9. The molecular weight excluding hydrogens is 202 g/mol. The highest BCUT2D eigenvalue weighted by Gasteiger charge is 2.04. The molecule has 0 fully saturated rings. The van der Waals surface area contributed by atoms with Crippen LogP contribution in [0.5, 0.6) is 0 Å². The SMILES string of the molecule is CC(C)C(=O)[O-].CCCCCC[N+](C)(C)C. The molecule has 0 rings (SSSR count). The molecule has 0 saturated heterocycles. The monoisotopic (exact) mass is 231 g/mol. The Labute approximate surface area is 101 Å². The molecule has 0 aliphatic rings. The lowest BCUT2D eigenvalue weighted by molar-refractivity contribution is -0.870. The van der Waals surface area contributed by atoms with Gasteiger partial charge in [-0.25, -0.2) is 0 Å². The minimum Gasteiger partial charge on any atom is -0.550 e. The molecule has 0 atom stereocenters. The lowest BCUT2D eigenvalue weighted by atomic mass is 10.2. The van der Waals surface area contributed by atoms with Gasteiger partial charge in [-0.15, -0.1) is 0 Å². The predicted octanol–water partition coefficient (Wildman–Crippen LogP) is 1.67. The van der Waals surface area contributed by atoms with Crippen molar-refractivity contribution in [3.8, 4) is 0 Å². The average Bonchev–Trinajstić information content (AvgIpc) is 2.12. The smallest absolute Gasteiger partial charge is 0.0780 e. The number of hydrogen-bond acceptors (Lipinski definition) is 2. The maximum Gasteiger partial charge on any atom is 0.0780 e. The van der Waals surface area contributed by atoms with Crippen molar-refractivity contribution in [3.63, 3.8) is 0 Å². The first-order valence-electron chi connectivity index (χ1n) is 6.22. The van der Waals surface area contributed by atoms with Gasteiger partial charge < -0.3 is 14.4 Å². The number of aliphatic carboxylic acids is 1. The summed E-state index contributed by atoms with van der Waals surface area (Å²) in [4.78, 5) is 9.59. The number of unbranched alkanes of at least 4 members (excludes halogenated alkanes) is 3. The molecule has 0 aromatic carbocycles. The zero-order valence-corrected chi connectivity index (χ0v) is 11.9. The molecule has 0 aliphatic carbocycles. The van der Waals surface area contributed by atoms with Gasteiger partial charge in [0, 0.05) is 5.97 Å². The molecule has 0 spiro atoms. The standard InChI is InChI=1S/C9H22N.C4H8O2/c1-5-6-7-8-9-10(2,3)4;1-3(2)4(5)6/h5-9H2,1-4H3;3H,1-2H3,(H,5,6)/q+1;/p-1. The second-order valence-corrected chi connectivity index (χ2v) is 5.55. The summed E-state index contributed by atoms with van der Waals surface area (Å²) in [6, 6.07) is 0. The van der Waals surface area contributed by atoms with Crippen molar-refractivity contribution in [2.24, 2.45) is 5.92 Å². The minimum atomic E-state index is -0.991. The van der Waals surface area contributed by atoms with E-state index in [9.17, 15) is 9.90 Å². The highest BCUT2D eigenvalue weighted by atomic mass is 16.4. The Hall–Kier alpha value is -0.570. The van der Waals surface area contributed by atoms with Gasteiger partial charge >= 0.3 is 0 Å². The lowest BCUT2D eigenvalue weighted by Crippen LogP contribution is -2.35. The van der Waals surface area contributed by atoms with E-state index in [2.05, 4.69) is 28.1 Å². The van der Waals surface area contributed by atoms with Crippen LogP contribution in [0.2, 0.25) is 0 Å². The molecule has 0 aromatic rings. The molecule has 3 nitrogen and oxygen atoms in total. The van der Waals surface area contributed by atoms with E-state index in [0.29, 0.717) is 0 Å². The van der Waals surface area contributed by atoms with E-state index in [4.69, 9.17) is 0 Å². The second-order valence-electron chi connectivity index (χ2n) is 5.55. The molecule has 3 heteroatoms. The van der Waals surface area contributed by atoms with Gasteiger partial charge in [-0.1, -0.05) is 33.6 Å². The van der Waals surface area contributed by atoms with Crippen molar-refractivity contribution in [1.82, 2.24) is 0 Å². The van der Waals surface area contributed by atoms with E-state index in [1.807, 2.05) is 0 Å². The van der Waals surface area contributed by atoms with Crippen LogP contribution in [0.4, 0.5) is 0 Å². The predicted molar refractivity (Wildman–Crippen MR) is 66.9 cm³/mol. The molecule has 0 N–H and O–H groups in total. The summed E-state index contributed by atoms with van der Waals surface area (Å²) in [5.41, 5.74) is 0. The Bertz CT molecular complexity index is 171. The minimum absolute atomic E-state index is 0.343. The van der Waals surface area contributed by atoms with Crippen LogP contribution >= 0.6 is 0 Å². The van der Waals surface area contributed by atoms with Gasteiger partial charge in [0.1, 0.15) is 0 Å². The topological polar surface area (TPSA) is 40.1 Å². The third-order valence-electron chi connectivity index (χ3n) is 2.15. The summed E-state index contributed by atoms with van der Waals surface area (Å²) in [6.07, 6.45) is 5.54. The third kappa shape index (κ3) is 19.1. The maximum absolute atomic E-state index is 9.59. The Morgan fingerprint density at radius 1 is 1.12 bits per heavy atom. The van der Waals surface area contributed by atoms with E-state index < -0.39 is 5.97 Å². The van der Waals surface area contributed by atoms with E-state index >= 15 is 0 Å². The van der Waals surface area contributed by atoms with Crippen molar-refractivity contribution >= 4 is 5.97 Å². The number of carboxylic acids is 1. The van der Waals surface area contributed by atoms with Crippen LogP contribution in [0.15, 0.2) is 0 Å². The molecule has 0 heterocycles. The van der Waals surface area contributed by atoms with Gasteiger partial charge in [-0.3, -0.25) is 0 Å². The number of carboxylic acid groups (broad SMARTS) is 1. The summed E-state index contributed by atoms with van der Waals surface area (Å²) in [6.45, 7) is 6.73. The van der Waals surface area contributed by atoms with Crippen LogP contribution in [0.1, 0.15) is 46.5 Å². The molecule has 0 bridgehead atoms. The summed E-state index contributed by atoms with van der Waals surface area (Å²) in [5, 5.41) is 9.59. The van der Waals surface area contributed by atoms with Gasteiger partial charge in [0.15, 0.2) is 0 Å². The molecule has 16 heavy (non-hydrogen) atoms. The summed E-state index contributed by atoms with van der Waals surface area (Å²) in [5.74, 6) is -1.33. The molecule has 98 valence electrons. The molecule has 0 aliphatic heterocycles. The normalized spacial score (nSPS) is 10.9. The Morgan fingerprint density at radius 3 is 1.81 bits per heavy atom. The fraction of sp³-hybridized carbons (Fsp3) is 0.923. The first-order chi connectivity index (χ1) is 7.20. The van der Waals surface area contributed by atoms with Crippen molar-refractivity contribution in [3.05, 3.63) is 0 Å². The molecule has 0 amide bonds. The van der Waals surface area contributed by atoms with Crippen molar-refractivity contribution < 1.29 is 14.4 Å². The Kier molecular flexibility index (Phi) is 10.7. The molecule has 0 unspecified atom stereocenters. The molecular formula is C13H29NO2. The van der Waals surface area contributed by atoms with Gasteiger partial charge in [0.05, 0.1) is 27.7 Å². The Morgan fingerprint density at radius 2 is 1.56 bits per heavy atom. The molecule has 0 aromatic heterocycles. The van der Waals surface area contributed by atoms with Gasteiger partial charge in [0.25, 0.3) is 0 Å². The number of carbonyl (C=O) groups is 1. The van der Waals surface area contributed by atoms with Crippen molar-refractivity contribution in [2.45, 2.75) is 46.5 Å². The van der Waals surface area contributed by atoms with Crippen LogP contribution < -0.4 is 5.11 Å². The highest BCUT2D eigenvalue weighted by Crippen LogP contribution is 2.01. The van der Waals surface area contributed by atoms with Crippen LogP contribution in [0.25, 0.3) is 0 Å². The Balaban J connectivity index is 0. The zero-order chi connectivity index (χ0) is 13.2. The largest absolute Gasteiger partial charge is 0.550 e. The van der Waals surface area contributed by atoms with Gasteiger partial charge in [-0.05, 0) is 18.8 Å². The van der Waals surface area contributed by atoms with Crippen LogP contribution in [-0.4, -0.2) is 38.1 Å². The van der Waals surface area contributed by atoms with Gasteiger partial charge in [0.2, 0.25) is 0 Å². The highest BCUT2D eigenvalue weighted by molar-refractivity contribution is 5.66. The molecule has 0 saturated carbocycles. The number of carbonyl (C=O) groups excluding carboxylic acids is 1. The quantitative estimate of drug-likeness (QED) is 0.515. The first-order valence-corrected chi connectivity index (χ1v) is 6.22. The average molecular weight is 231 g/mol. The fourth-order valence-electron chi connectivity index (χ4n) is 1.01. The molecule has 0 radical (unpaired) electrons. The van der Waals surface area contributed by atoms with Crippen molar-refractivity contribution in [2.75, 3.05) is 27.7 Å². The lowest BCUT2D eigenvalue weighted by Gasteiger charge is -2.23. The first kappa shape index (κ1) is 17.8. The summed E-state index contributed by atoms with van der Waals surface area (Å²) < 4.78 is 1.11. The summed E-state index contributed by atoms with van der Waals surface area (Å²) in [7, 11) is 6.77. The number of quaternary nitrogens is 1. The van der Waals surface area contributed by atoms with Crippen molar-refractivity contribution in [1.29, 1.82) is 0 Å². The van der Waals surface area contributed by atoms with Gasteiger partial charge in [-0.2, -0.15) is 0 Å². The van der Waals surface area contributed by atoms with E-state index in [-0.39, 0.29) is 5.92 Å². The maximum atomic E-state index is 9.59. The van der Waals surface area contributed by atoms with E-state index in [0.717, 1.165) is 4.48 Å². The van der Waals surface area contributed by atoms with Crippen LogP contribution in [0.3, 0.4) is 0 Å². The van der Waals surface area contributed by atoms with E-state index in [1.54, 1.807) is 13.8 Å².